The Hall–Kier alpha value is -2.09. The summed E-state index contributed by atoms with van der Waals surface area (Å²) in [6.07, 6.45) is 0.998. The lowest BCUT2D eigenvalue weighted by molar-refractivity contribution is -0.118. The first-order chi connectivity index (χ1) is 8.81. The fourth-order valence-electron chi connectivity index (χ4n) is 1.34. The van der Waals surface area contributed by atoms with Crippen molar-refractivity contribution in [1.29, 1.82) is 0 Å². The minimum atomic E-state index is -3.32. The van der Waals surface area contributed by atoms with Crippen molar-refractivity contribution in [2.75, 3.05) is 12.0 Å². The highest BCUT2D eigenvalue weighted by atomic mass is 32.2. The van der Waals surface area contributed by atoms with Crippen molar-refractivity contribution in [1.82, 2.24) is 5.32 Å². The van der Waals surface area contributed by atoms with Gasteiger partial charge in [0.1, 0.15) is 5.75 Å². The molecule has 8 heteroatoms. The van der Waals surface area contributed by atoms with Crippen LogP contribution in [0.2, 0.25) is 0 Å². The lowest BCUT2D eigenvalue weighted by atomic mass is 10.1. The van der Waals surface area contributed by atoms with Crippen LogP contribution < -0.4 is 11.1 Å². The summed E-state index contributed by atoms with van der Waals surface area (Å²) in [4.78, 5) is 11.3. The highest BCUT2D eigenvalue weighted by Gasteiger charge is 2.10. The second-order valence-electron chi connectivity index (χ2n) is 4.03. The zero-order valence-corrected chi connectivity index (χ0v) is 11.1. The van der Waals surface area contributed by atoms with Gasteiger partial charge in [0.2, 0.25) is 5.91 Å². The number of hydrogen-bond donors (Lipinski definition) is 3. The van der Waals surface area contributed by atoms with Gasteiger partial charge in [-0.2, -0.15) is 0 Å². The van der Waals surface area contributed by atoms with Crippen LogP contribution in [-0.4, -0.2) is 37.4 Å². The van der Waals surface area contributed by atoms with E-state index >= 15 is 0 Å². The molecule has 4 N–H and O–H groups in total. The smallest absolute Gasteiger partial charge is 0.235 e. The van der Waals surface area contributed by atoms with E-state index < -0.39 is 21.5 Å². The standard InChI is InChI=1S/C11H15N3O4S/c1-19(17,18)7-10(15)13-6-8-2-4-9(5-3-8)11(12)14-16/h2-5,16H,6-7H2,1H3,(H2,12,14)(H,13,15). The molecule has 0 aliphatic rings. The third-order valence-corrected chi connectivity index (χ3v) is 3.03. The predicted octanol–water partition coefficient (Wildman–Crippen LogP) is -0.558. The summed E-state index contributed by atoms with van der Waals surface area (Å²) in [5.74, 6) is -1.09. The molecular formula is C11H15N3O4S. The van der Waals surface area contributed by atoms with Crippen molar-refractivity contribution in [3.8, 4) is 0 Å². The lowest BCUT2D eigenvalue weighted by Crippen LogP contribution is -2.29. The molecule has 1 amide bonds. The maximum atomic E-state index is 11.3. The van der Waals surface area contributed by atoms with Crippen LogP contribution in [0, 0.1) is 0 Å². The molecule has 0 saturated carbocycles. The Bertz CT molecular complexity index is 578. The van der Waals surface area contributed by atoms with Crippen molar-refractivity contribution >= 4 is 21.6 Å². The lowest BCUT2D eigenvalue weighted by Gasteiger charge is -2.05. The van der Waals surface area contributed by atoms with E-state index in [1.165, 1.54) is 0 Å². The third kappa shape index (κ3) is 5.38. The summed E-state index contributed by atoms with van der Waals surface area (Å²) >= 11 is 0. The predicted molar refractivity (Wildman–Crippen MR) is 70.5 cm³/mol. The molecule has 0 unspecified atom stereocenters. The summed E-state index contributed by atoms with van der Waals surface area (Å²) in [5, 5.41) is 13.8. The van der Waals surface area contributed by atoms with E-state index in [2.05, 4.69) is 10.5 Å². The minimum Gasteiger partial charge on any atom is -0.409 e. The number of nitrogens with two attached hydrogens (primary N) is 1. The first-order valence-corrected chi connectivity index (χ1v) is 7.39. The molecule has 104 valence electrons. The normalized spacial score (nSPS) is 12.2. The number of amidine groups is 1. The molecule has 19 heavy (non-hydrogen) atoms. The second kappa shape index (κ2) is 6.19. The van der Waals surface area contributed by atoms with Gasteiger partial charge in [0.25, 0.3) is 0 Å². The van der Waals surface area contributed by atoms with Crippen LogP contribution >= 0.6 is 0 Å². The Labute approximate surface area is 111 Å². The van der Waals surface area contributed by atoms with Crippen molar-refractivity contribution in [2.24, 2.45) is 10.9 Å². The molecule has 0 radical (unpaired) electrons. The number of hydrogen-bond acceptors (Lipinski definition) is 5. The molecule has 0 saturated heterocycles. The van der Waals surface area contributed by atoms with Gasteiger partial charge in [0.05, 0.1) is 0 Å². The van der Waals surface area contributed by atoms with Crippen LogP contribution in [0.4, 0.5) is 0 Å². The van der Waals surface area contributed by atoms with E-state index in [0.29, 0.717) is 5.56 Å². The zero-order chi connectivity index (χ0) is 14.5. The van der Waals surface area contributed by atoms with E-state index in [9.17, 15) is 13.2 Å². The average Bonchev–Trinajstić information content (AvgIpc) is 2.34. The van der Waals surface area contributed by atoms with E-state index in [4.69, 9.17) is 10.9 Å². The Morgan fingerprint density at radius 1 is 1.37 bits per heavy atom. The molecule has 7 nitrogen and oxygen atoms in total. The van der Waals surface area contributed by atoms with Gasteiger partial charge in [-0.1, -0.05) is 29.4 Å². The van der Waals surface area contributed by atoms with Crippen LogP contribution in [0.5, 0.6) is 0 Å². The van der Waals surface area contributed by atoms with Gasteiger partial charge >= 0.3 is 0 Å². The first-order valence-electron chi connectivity index (χ1n) is 5.33. The Morgan fingerprint density at radius 2 is 1.95 bits per heavy atom. The van der Waals surface area contributed by atoms with Crippen LogP contribution in [0.1, 0.15) is 11.1 Å². The highest BCUT2D eigenvalue weighted by Crippen LogP contribution is 2.04. The summed E-state index contributed by atoms with van der Waals surface area (Å²) in [7, 11) is -3.32. The summed E-state index contributed by atoms with van der Waals surface area (Å²) in [6.45, 7) is 0.213. The summed E-state index contributed by atoms with van der Waals surface area (Å²) in [5.41, 5.74) is 6.72. The fourth-order valence-corrected chi connectivity index (χ4v) is 1.92. The van der Waals surface area contributed by atoms with Crippen molar-refractivity contribution in [3.05, 3.63) is 35.4 Å². The topological polar surface area (TPSA) is 122 Å². The van der Waals surface area contributed by atoms with E-state index in [-0.39, 0.29) is 12.4 Å². The number of oxime groups is 1. The number of nitrogens with zero attached hydrogens (tertiary/aromatic N) is 1. The molecular weight excluding hydrogens is 270 g/mol. The number of rotatable bonds is 5. The summed E-state index contributed by atoms with van der Waals surface area (Å²) in [6, 6.07) is 6.64. The monoisotopic (exact) mass is 285 g/mol. The van der Waals surface area contributed by atoms with Crippen molar-refractivity contribution in [3.63, 3.8) is 0 Å². The van der Waals surface area contributed by atoms with E-state index in [0.717, 1.165) is 11.8 Å². The first kappa shape index (κ1) is 15.0. The molecule has 0 bridgehead atoms. The largest absolute Gasteiger partial charge is 0.409 e. The third-order valence-electron chi connectivity index (χ3n) is 2.24. The minimum absolute atomic E-state index is 0.00679. The molecule has 0 aliphatic heterocycles. The molecule has 0 aromatic heterocycles. The molecule has 0 heterocycles. The van der Waals surface area contributed by atoms with Crippen molar-refractivity contribution in [2.45, 2.75) is 6.54 Å². The van der Waals surface area contributed by atoms with Gasteiger partial charge in [-0.05, 0) is 5.56 Å². The number of carbonyl (C=O) groups excluding carboxylic acids is 1. The van der Waals surface area contributed by atoms with Crippen LogP contribution in [0.3, 0.4) is 0 Å². The van der Waals surface area contributed by atoms with Crippen LogP contribution in [0.25, 0.3) is 0 Å². The number of sulfone groups is 1. The van der Waals surface area contributed by atoms with E-state index in [1.54, 1.807) is 24.3 Å². The maximum Gasteiger partial charge on any atom is 0.235 e. The quantitative estimate of drug-likeness (QED) is 0.290. The Morgan fingerprint density at radius 3 is 2.42 bits per heavy atom. The molecule has 0 fully saturated rings. The van der Waals surface area contributed by atoms with Gasteiger partial charge in [-0.25, -0.2) is 8.42 Å². The molecule has 0 spiro atoms. The second-order valence-corrected chi connectivity index (χ2v) is 6.17. The molecule has 1 aromatic rings. The van der Waals surface area contributed by atoms with E-state index in [1.807, 2.05) is 0 Å². The number of carbonyl (C=O) groups is 1. The Balaban J connectivity index is 2.57. The maximum absolute atomic E-state index is 11.3. The molecule has 0 atom stereocenters. The summed E-state index contributed by atoms with van der Waals surface area (Å²) < 4.78 is 21.8. The van der Waals surface area contributed by atoms with Gasteiger partial charge < -0.3 is 16.3 Å². The van der Waals surface area contributed by atoms with Gasteiger partial charge in [0.15, 0.2) is 15.7 Å². The molecule has 1 rings (SSSR count). The van der Waals surface area contributed by atoms with Gasteiger partial charge in [-0.15, -0.1) is 0 Å². The van der Waals surface area contributed by atoms with Crippen LogP contribution in [0.15, 0.2) is 29.4 Å². The fraction of sp³-hybridized carbons (Fsp3) is 0.273. The van der Waals surface area contributed by atoms with Gasteiger partial charge in [-0.3, -0.25) is 4.79 Å². The van der Waals surface area contributed by atoms with Gasteiger partial charge in [0, 0.05) is 18.4 Å². The Kier molecular flexibility index (Phi) is 4.87. The SMILES string of the molecule is CS(=O)(=O)CC(=O)NCc1ccc(C(N)=NO)cc1. The molecule has 0 aliphatic carbocycles. The average molecular weight is 285 g/mol. The number of nitrogens with one attached hydrogen (secondary N) is 1. The number of benzene rings is 1. The number of amides is 1. The van der Waals surface area contributed by atoms with Crippen molar-refractivity contribution < 1.29 is 18.4 Å². The van der Waals surface area contributed by atoms with Crippen LogP contribution in [-0.2, 0) is 21.2 Å². The highest BCUT2D eigenvalue weighted by molar-refractivity contribution is 7.91. The zero-order valence-electron chi connectivity index (χ0n) is 10.3. The molecule has 1 aromatic carbocycles.